The van der Waals surface area contributed by atoms with Crippen LogP contribution in [0.4, 0.5) is 24.8 Å². The summed E-state index contributed by atoms with van der Waals surface area (Å²) in [5, 5.41) is 8.54. The van der Waals surface area contributed by atoms with Gasteiger partial charge in [0.15, 0.2) is 11.6 Å². The quantitative estimate of drug-likeness (QED) is 0.829. The Kier molecular flexibility index (Phi) is 5.29. The van der Waals surface area contributed by atoms with Gasteiger partial charge in [-0.3, -0.25) is 4.79 Å². The van der Waals surface area contributed by atoms with Gasteiger partial charge in [-0.25, -0.2) is 0 Å². The van der Waals surface area contributed by atoms with Crippen molar-refractivity contribution in [3.05, 3.63) is 12.1 Å². The summed E-state index contributed by atoms with van der Waals surface area (Å²) < 4.78 is 36.9. The second-order valence-corrected chi connectivity index (χ2v) is 6.46. The molecule has 2 aliphatic rings. The van der Waals surface area contributed by atoms with E-state index in [0.717, 1.165) is 31.7 Å². The number of nitrogens with zero attached hydrogens (tertiary/aromatic N) is 5. The molecule has 3 rings (SSSR count). The molecule has 0 radical (unpaired) electrons. The predicted molar refractivity (Wildman–Crippen MR) is 87.6 cm³/mol. The summed E-state index contributed by atoms with van der Waals surface area (Å²) in [6.45, 7) is 3.44. The average molecular weight is 357 g/mol. The van der Waals surface area contributed by atoms with Crippen molar-refractivity contribution in [2.24, 2.45) is 0 Å². The number of carbonyl (C=O) groups is 1. The number of carbonyl (C=O) groups excluding carboxylic acids is 1. The molecule has 3 heterocycles. The minimum absolute atomic E-state index is 0.268. The van der Waals surface area contributed by atoms with E-state index in [9.17, 15) is 18.0 Å². The number of hydrogen-bond donors (Lipinski definition) is 0. The number of anilines is 2. The van der Waals surface area contributed by atoms with E-state index in [2.05, 4.69) is 15.1 Å². The molecule has 0 bridgehead atoms. The van der Waals surface area contributed by atoms with Crippen LogP contribution < -0.4 is 9.80 Å². The third-order valence-corrected chi connectivity index (χ3v) is 4.62. The lowest BCUT2D eigenvalue weighted by Gasteiger charge is -2.35. The Balaban J connectivity index is 1.53. The van der Waals surface area contributed by atoms with E-state index in [1.54, 1.807) is 0 Å². The van der Waals surface area contributed by atoms with Crippen LogP contribution in [-0.4, -0.2) is 66.4 Å². The van der Waals surface area contributed by atoms with Crippen molar-refractivity contribution in [3.63, 3.8) is 0 Å². The van der Waals surface area contributed by atoms with Gasteiger partial charge >= 0.3 is 6.18 Å². The molecule has 25 heavy (non-hydrogen) atoms. The van der Waals surface area contributed by atoms with E-state index in [1.165, 1.54) is 11.3 Å². The highest BCUT2D eigenvalue weighted by atomic mass is 19.4. The molecule has 2 aliphatic heterocycles. The van der Waals surface area contributed by atoms with E-state index in [-0.39, 0.29) is 13.1 Å². The van der Waals surface area contributed by atoms with Crippen molar-refractivity contribution in [2.45, 2.75) is 31.9 Å². The van der Waals surface area contributed by atoms with Crippen molar-refractivity contribution >= 4 is 17.5 Å². The number of rotatable bonds is 3. The number of amides is 1. The van der Waals surface area contributed by atoms with Crippen LogP contribution in [0.5, 0.6) is 0 Å². The summed E-state index contributed by atoms with van der Waals surface area (Å²) in [5.74, 6) is 0.699. The van der Waals surface area contributed by atoms with Gasteiger partial charge in [-0.05, 0) is 31.4 Å². The standard InChI is InChI=1S/C16H22F3N5O/c17-16(18,19)12-15(25)24-10-8-23(9-11-24)14-5-4-13(20-21-14)22-6-2-1-3-7-22/h4-5H,1-3,6-12H2. The molecule has 1 aromatic heterocycles. The third-order valence-electron chi connectivity index (χ3n) is 4.62. The molecule has 1 amide bonds. The molecule has 0 spiro atoms. The Hall–Kier alpha value is -2.06. The van der Waals surface area contributed by atoms with Gasteiger partial charge in [0.2, 0.25) is 5.91 Å². The van der Waals surface area contributed by atoms with Crippen molar-refractivity contribution < 1.29 is 18.0 Å². The molecule has 0 N–H and O–H groups in total. The molecule has 1 aromatic rings. The van der Waals surface area contributed by atoms with E-state index in [4.69, 9.17) is 0 Å². The van der Waals surface area contributed by atoms with Crippen LogP contribution in [0.1, 0.15) is 25.7 Å². The van der Waals surface area contributed by atoms with Gasteiger partial charge in [-0.15, -0.1) is 10.2 Å². The molecular weight excluding hydrogens is 335 g/mol. The van der Waals surface area contributed by atoms with Crippen molar-refractivity contribution in [2.75, 3.05) is 49.1 Å². The summed E-state index contributed by atoms with van der Waals surface area (Å²) >= 11 is 0. The van der Waals surface area contributed by atoms with Crippen LogP contribution in [0.15, 0.2) is 12.1 Å². The molecule has 0 saturated carbocycles. The molecule has 0 aromatic carbocycles. The summed E-state index contributed by atoms with van der Waals surface area (Å²) in [6.07, 6.45) is -2.27. The maximum absolute atomic E-state index is 12.3. The van der Waals surface area contributed by atoms with E-state index >= 15 is 0 Å². The highest BCUT2D eigenvalue weighted by Crippen LogP contribution is 2.22. The van der Waals surface area contributed by atoms with Gasteiger partial charge < -0.3 is 14.7 Å². The van der Waals surface area contributed by atoms with Crippen LogP contribution >= 0.6 is 0 Å². The first-order valence-electron chi connectivity index (χ1n) is 8.60. The number of piperazine rings is 1. The van der Waals surface area contributed by atoms with Crippen LogP contribution in [0.3, 0.4) is 0 Å². The van der Waals surface area contributed by atoms with Gasteiger partial charge in [-0.1, -0.05) is 0 Å². The number of alkyl halides is 3. The summed E-state index contributed by atoms with van der Waals surface area (Å²) in [5.41, 5.74) is 0. The second kappa shape index (κ2) is 7.45. The Morgan fingerprint density at radius 2 is 1.40 bits per heavy atom. The van der Waals surface area contributed by atoms with E-state index < -0.39 is 18.5 Å². The number of piperidine rings is 1. The zero-order valence-corrected chi connectivity index (χ0v) is 14.0. The lowest BCUT2D eigenvalue weighted by molar-refractivity contribution is -0.161. The number of aromatic nitrogens is 2. The number of halogens is 3. The van der Waals surface area contributed by atoms with Crippen molar-refractivity contribution in [1.29, 1.82) is 0 Å². The van der Waals surface area contributed by atoms with Crippen LogP contribution in [0, 0.1) is 0 Å². The zero-order chi connectivity index (χ0) is 17.9. The first-order chi connectivity index (χ1) is 11.9. The summed E-state index contributed by atoms with van der Waals surface area (Å²) in [4.78, 5) is 17.1. The lowest BCUT2D eigenvalue weighted by Crippen LogP contribution is -2.49. The van der Waals surface area contributed by atoms with Gasteiger partial charge in [0.05, 0.1) is 0 Å². The van der Waals surface area contributed by atoms with Crippen molar-refractivity contribution in [1.82, 2.24) is 15.1 Å². The molecule has 9 heteroatoms. The maximum atomic E-state index is 12.3. The Morgan fingerprint density at radius 3 is 1.88 bits per heavy atom. The third kappa shape index (κ3) is 4.73. The highest BCUT2D eigenvalue weighted by Gasteiger charge is 2.34. The van der Waals surface area contributed by atoms with Crippen molar-refractivity contribution in [3.8, 4) is 0 Å². The highest BCUT2D eigenvalue weighted by molar-refractivity contribution is 5.77. The average Bonchev–Trinajstić information content (AvgIpc) is 2.61. The normalized spacial score (nSPS) is 19.2. The first-order valence-corrected chi connectivity index (χ1v) is 8.60. The molecule has 6 nitrogen and oxygen atoms in total. The summed E-state index contributed by atoms with van der Waals surface area (Å²) in [7, 11) is 0. The van der Waals surface area contributed by atoms with E-state index in [1.807, 2.05) is 17.0 Å². The first kappa shape index (κ1) is 17.8. The summed E-state index contributed by atoms with van der Waals surface area (Å²) in [6, 6.07) is 3.83. The van der Waals surface area contributed by atoms with Gasteiger partial charge in [0.1, 0.15) is 6.42 Å². The lowest BCUT2D eigenvalue weighted by atomic mass is 10.1. The predicted octanol–water partition coefficient (Wildman–Crippen LogP) is 2.07. The monoisotopic (exact) mass is 357 g/mol. The fourth-order valence-corrected chi connectivity index (χ4v) is 3.25. The Morgan fingerprint density at radius 1 is 0.880 bits per heavy atom. The molecule has 0 unspecified atom stereocenters. The molecular formula is C16H22F3N5O. The number of hydrogen-bond acceptors (Lipinski definition) is 5. The molecule has 0 aliphatic carbocycles. The largest absolute Gasteiger partial charge is 0.397 e. The van der Waals surface area contributed by atoms with E-state index in [0.29, 0.717) is 18.9 Å². The molecule has 2 saturated heterocycles. The van der Waals surface area contributed by atoms with Gasteiger partial charge in [0, 0.05) is 39.3 Å². The Labute approximate surface area is 144 Å². The minimum Gasteiger partial charge on any atom is -0.355 e. The zero-order valence-electron chi connectivity index (χ0n) is 14.0. The molecule has 0 atom stereocenters. The molecule has 138 valence electrons. The minimum atomic E-state index is -4.45. The van der Waals surface area contributed by atoms with Crippen LogP contribution in [0.2, 0.25) is 0 Å². The fraction of sp³-hybridized carbons (Fsp3) is 0.688. The van der Waals surface area contributed by atoms with Crippen LogP contribution in [0.25, 0.3) is 0 Å². The Bertz CT molecular complexity index is 578. The second-order valence-electron chi connectivity index (χ2n) is 6.46. The fourth-order valence-electron chi connectivity index (χ4n) is 3.25. The van der Waals surface area contributed by atoms with Gasteiger partial charge in [0.25, 0.3) is 0 Å². The SMILES string of the molecule is O=C(CC(F)(F)F)N1CCN(c2ccc(N3CCCCC3)nn2)CC1. The van der Waals surface area contributed by atoms with Crippen LogP contribution in [-0.2, 0) is 4.79 Å². The topological polar surface area (TPSA) is 52.6 Å². The smallest absolute Gasteiger partial charge is 0.355 e. The van der Waals surface area contributed by atoms with Gasteiger partial charge in [-0.2, -0.15) is 13.2 Å². The maximum Gasteiger partial charge on any atom is 0.397 e. The molecule has 2 fully saturated rings.